The molecule has 120 valence electrons. The number of hydrogen-bond donors (Lipinski definition) is 0. The van der Waals surface area contributed by atoms with Crippen LogP contribution in [0.2, 0.25) is 0 Å². The molecule has 23 heavy (non-hydrogen) atoms. The molecule has 0 aliphatic carbocycles. The van der Waals surface area contributed by atoms with Crippen LogP contribution in [-0.4, -0.2) is 20.8 Å². The van der Waals surface area contributed by atoms with Gasteiger partial charge >= 0.3 is 0 Å². The lowest BCUT2D eigenvalue weighted by molar-refractivity contribution is 0.458. The van der Waals surface area contributed by atoms with Gasteiger partial charge in [-0.1, -0.05) is 49.7 Å². The van der Waals surface area contributed by atoms with Gasteiger partial charge in [-0.2, -0.15) is 8.42 Å². The third-order valence-electron chi connectivity index (χ3n) is 4.01. The lowest BCUT2D eigenvalue weighted by Crippen LogP contribution is -2.59. The molecule has 0 aromatic heterocycles. The second-order valence-corrected chi connectivity index (χ2v) is 8.11. The van der Waals surface area contributed by atoms with Gasteiger partial charge < -0.3 is 4.90 Å². The summed E-state index contributed by atoms with van der Waals surface area (Å²) in [5, 5.41) is 0. The molecule has 1 saturated heterocycles. The maximum Gasteiger partial charge on any atom is 0.283 e. The fourth-order valence-corrected chi connectivity index (χ4v) is 3.84. The monoisotopic (exact) mass is 328 g/mol. The van der Waals surface area contributed by atoms with Gasteiger partial charge in [0.15, 0.2) is 0 Å². The number of amidine groups is 1. The first kappa shape index (κ1) is 15.7. The summed E-state index contributed by atoms with van der Waals surface area (Å²) in [5.41, 5.74) is 1.73. The Morgan fingerprint density at radius 2 is 1.61 bits per heavy atom. The van der Waals surface area contributed by atoms with E-state index in [1.807, 2.05) is 56.0 Å². The van der Waals surface area contributed by atoms with Crippen molar-refractivity contribution in [1.29, 1.82) is 0 Å². The van der Waals surface area contributed by atoms with Crippen LogP contribution in [0.3, 0.4) is 0 Å². The van der Waals surface area contributed by atoms with Crippen molar-refractivity contribution in [2.75, 3.05) is 11.4 Å². The van der Waals surface area contributed by atoms with Gasteiger partial charge in [0.25, 0.3) is 10.0 Å². The van der Waals surface area contributed by atoms with Crippen LogP contribution < -0.4 is 4.90 Å². The minimum Gasteiger partial charge on any atom is -0.328 e. The van der Waals surface area contributed by atoms with E-state index in [0.717, 1.165) is 17.8 Å². The molecule has 0 bridgehead atoms. The van der Waals surface area contributed by atoms with E-state index in [4.69, 9.17) is 0 Å². The minimum absolute atomic E-state index is 0.228. The Morgan fingerprint density at radius 3 is 2.17 bits per heavy atom. The van der Waals surface area contributed by atoms with Gasteiger partial charge in [-0.05, 0) is 31.2 Å². The highest BCUT2D eigenvalue weighted by Gasteiger charge is 2.43. The molecule has 1 aliphatic heterocycles. The lowest BCUT2D eigenvalue weighted by Gasteiger charge is -2.48. The molecule has 0 amide bonds. The molecule has 1 aliphatic rings. The van der Waals surface area contributed by atoms with E-state index in [-0.39, 0.29) is 10.3 Å². The maximum absolute atomic E-state index is 12.6. The van der Waals surface area contributed by atoms with Crippen molar-refractivity contribution >= 4 is 21.5 Å². The van der Waals surface area contributed by atoms with Gasteiger partial charge in [-0.15, -0.1) is 4.40 Å². The van der Waals surface area contributed by atoms with Gasteiger partial charge in [0.2, 0.25) is 0 Å². The number of hydrogen-bond acceptors (Lipinski definition) is 2. The first-order valence-corrected chi connectivity index (χ1v) is 8.98. The predicted octanol–water partition coefficient (Wildman–Crippen LogP) is 3.63. The van der Waals surface area contributed by atoms with Gasteiger partial charge in [0.1, 0.15) is 5.84 Å². The summed E-state index contributed by atoms with van der Waals surface area (Å²) < 4.78 is 29.3. The minimum atomic E-state index is -3.70. The molecule has 2 aromatic carbocycles. The van der Waals surface area contributed by atoms with Crippen LogP contribution in [0.4, 0.5) is 5.69 Å². The number of benzene rings is 2. The van der Waals surface area contributed by atoms with Crippen molar-refractivity contribution in [2.45, 2.75) is 25.7 Å². The molecule has 0 saturated carbocycles. The van der Waals surface area contributed by atoms with Gasteiger partial charge in [0, 0.05) is 17.6 Å². The number of aryl methyl sites for hydroxylation is 1. The van der Waals surface area contributed by atoms with E-state index < -0.39 is 10.0 Å². The molecule has 0 unspecified atom stereocenters. The molecule has 1 heterocycles. The van der Waals surface area contributed by atoms with E-state index in [1.54, 1.807) is 24.3 Å². The number of rotatable bonds is 3. The summed E-state index contributed by atoms with van der Waals surface area (Å²) in [4.78, 5) is 2.18. The first-order valence-electron chi connectivity index (χ1n) is 7.54. The molecule has 4 nitrogen and oxygen atoms in total. The summed E-state index contributed by atoms with van der Waals surface area (Å²) >= 11 is 0. The highest BCUT2D eigenvalue weighted by atomic mass is 32.2. The first-order chi connectivity index (χ1) is 10.8. The van der Waals surface area contributed by atoms with E-state index in [9.17, 15) is 8.42 Å². The Morgan fingerprint density at radius 1 is 1.00 bits per heavy atom. The van der Waals surface area contributed by atoms with Crippen LogP contribution in [0.15, 0.2) is 63.9 Å². The third-order valence-corrected chi connectivity index (χ3v) is 5.29. The normalized spacial score (nSPS) is 18.7. The molecule has 0 spiro atoms. The van der Waals surface area contributed by atoms with Crippen LogP contribution in [0.1, 0.15) is 19.4 Å². The Hall–Kier alpha value is -2.14. The Balaban J connectivity index is 2.00. The second-order valence-electron chi connectivity index (χ2n) is 6.51. The van der Waals surface area contributed by atoms with E-state index >= 15 is 0 Å². The van der Waals surface area contributed by atoms with Crippen LogP contribution in [0, 0.1) is 12.3 Å². The van der Waals surface area contributed by atoms with Crippen molar-refractivity contribution in [3.05, 3.63) is 60.2 Å². The maximum atomic E-state index is 12.6. The van der Waals surface area contributed by atoms with E-state index in [1.165, 1.54) is 0 Å². The number of anilines is 1. The molecule has 0 radical (unpaired) electrons. The van der Waals surface area contributed by atoms with Crippen molar-refractivity contribution in [3.63, 3.8) is 0 Å². The molecule has 5 heteroatoms. The SMILES string of the molecule is Cc1ccc(S(=O)(=O)/N=C2\N(c3ccccc3)CC2(C)C)cc1. The largest absolute Gasteiger partial charge is 0.328 e. The number of nitrogens with zero attached hydrogens (tertiary/aromatic N) is 2. The molecule has 1 fully saturated rings. The zero-order valence-electron chi connectivity index (χ0n) is 13.5. The van der Waals surface area contributed by atoms with Gasteiger partial charge in [-0.25, -0.2) is 0 Å². The summed E-state index contributed by atoms with van der Waals surface area (Å²) in [6, 6.07) is 16.5. The standard InChI is InChI=1S/C18H20N2O2S/c1-14-9-11-16(12-10-14)23(21,22)19-17-18(2,3)13-20(17)15-7-5-4-6-8-15/h4-12H,13H2,1-3H3/b19-17-. The summed E-state index contributed by atoms with van der Waals surface area (Å²) in [5.74, 6) is 0.587. The highest BCUT2D eigenvalue weighted by Crippen LogP contribution is 2.37. The Labute approximate surface area is 137 Å². The average Bonchev–Trinajstić information content (AvgIpc) is 2.52. The fourth-order valence-electron chi connectivity index (χ4n) is 2.69. The third kappa shape index (κ3) is 3.01. The quantitative estimate of drug-likeness (QED) is 0.864. The zero-order chi connectivity index (χ0) is 16.7. The van der Waals surface area contributed by atoms with Crippen LogP contribution >= 0.6 is 0 Å². The van der Waals surface area contributed by atoms with Crippen LogP contribution in [-0.2, 0) is 10.0 Å². The van der Waals surface area contributed by atoms with Crippen molar-refractivity contribution in [3.8, 4) is 0 Å². The summed E-state index contributed by atoms with van der Waals surface area (Å²) in [7, 11) is -3.70. The Bertz CT molecular complexity index is 838. The van der Waals surface area contributed by atoms with Crippen LogP contribution in [0.5, 0.6) is 0 Å². The van der Waals surface area contributed by atoms with E-state index in [2.05, 4.69) is 4.40 Å². The lowest BCUT2D eigenvalue weighted by atomic mass is 9.82. The van der Waals surface area contributed by atoms with Gasteiger partial charge in [-0.3, -0.25) is 0 Å². The second kappa shape index (κ2) is 5.49. The smallest absolute Gasteiger partial charge is 0.283 e. The summed E-state index contributed by atoms with van der Waals surface area (Å²) in [6.45, 7) is 6.69. The van der Waals surface area contributed by atoms with Crippen molar-refractivity contribution < 1.29 is 8.42 Å². The fraction of sp³-hybridized carbons (Fsp3) is 0.278. The van der Waals surface area contributed by atoms with Crippen LogP contribution in [0.25, 0.3) is 0 Å². The number of para-hydroxylation sites is 1. The van der Waals surface area contributed by atoms with Crippen molar-refractivity contribution in [1.82, 2.24) is 0 Å². The average molecular weight is 328 g/mol. The molecular weight excluding hydrogens is 308 g/mol. The summed E-state index contributed by atoms with van der Waals surface area (Å²) in [6.07, 6.45) is 0. The molecule has 0 N–H and O–H groups in total. The Kier molecular flexibility index (Phi) is 3.76. The van der Waals surface area contributed by atoms with Crippen molar-refractivity contribution in [2.24, 2.45) is 9.81 Å². The van der Waals surface area contributed by atoms with E-state index in [0.29, 0.717) is 5.84 Å². The predicted molar refractivity (Wildman–Crippen MR) is 93.4 cm³/mol. The number of sulfonamides is 1. The van der Waals surface area contributed by atoms with Gasteiger partial charge in [0.05, 0.1) is 4.90 Å². The molecule has 2 aromatic rings. The zero-order valence-corrected chi connectivity index (χ0v) is 14.3. The molecular formula is C18H20N2O2S. The topological polar surface area (TPSA) is 49.7 Å². The molecule has 0 atom stereocenters. The molecule has 3 rings (SSSR count). The highest BCUT2D eigenvalue weighted by molar-refractivity contribution is 7.90.